The van der Waals surface area contributed by atoms with Gasteiger partial charge in [-0.15, -0.1) is 0 Å². The van der Waals surface area contributed by atoms with Gasteiger partial charge >= 0.3 is 0 Å². The van der Waals surface area contributed by atoms with Gasteiger partial charge < -0.3 is 16.0 Å². The van der Waals surface area contributed by atoms with Crippen molar-refractivity contribution in [3.63, 3.8) is 0 Å². The third kappa shape index (κ3) is 3.22. The zero-order chi connectivity index (χ0) is 12.1. The molecule has 0 aromatic heterocycles. The maximum absolute atomic E-state index is 11.4. The first-order valence-electron chi connectivity index (χ1n) is 5.38. The van der Waals surface area contributed by atoms with Crippen LogP contribution in [0.5, 0.6) is 0 Å². The van der Waals surface area contributed by atoms with Crippen LogP contribution in [-0.4, -0.2) is 42.3 Å². The number of rotatable bonds is 5. The van der Waals surface area contributed by atoms with Crippen molar-refractivity contribution in [3.8, 4) is 0 Å². The summed E-state index contributed by atoms with van der Waals surface area (Å²) in [4.78, 5) is 35.1. The summed E-state index contributed by atoms with van der Waals surface area (Å²) < 4.78 is 0. The minimum Gasteiger partial charge on any atom is -0.369 e. The summed E-state index contributed by atoms with van der Waals surface area (Å²) in [5, 5.41) is 2.67. The molecule has 1 saturated heterocycles. The van der Waals surface area contributed by atoms with E-state index < -0.39 is 11.8 Å². The molecule has 3 N–H and O–H groups in total. The van der Waals surface area contributed by atoms with Gasteiger partial charge in [0.2, 0.25) is 17.7 Å². The lowest BCUT2D eigenvalue weighted by molar-refractivity contribution is -0.133. The van der Waals surface area contributed by atoms with Gasteiger partial charge in [-0.25, -0.2) is 0 Å². The van der Waals surface area contributed by atoms with E-state index in [9.17, 15) is 14.4 Å². The Kier molecular flexibility index (Phi) is 4.28. The summed E-state index contributed by atoms with van der Waals surface area (Å²) in [7, 11) is 0. The molecule has 0 radical (unpaired) electrons. The molecule has 1 aliphatic rings. The number of hydrogen-bond acceptors (Lipinski definition) is 3. The van der Waals surface area contributed by atoms with Gasteiger partial charge in [-0.05, 0) is 6.42 Å². The molecule has 6 nitrogen and oxygen atoms in total. The van der Waals surface area contributed by atoms with Gasteiger partial charge in [0.1, 0.15) is 0 Å². The van der Waals surface area contributed by atoms with Crippen LogP contribution in [-0.2, 0) is 14.4 Å². The first kappa shape index (κ1) is 12.5. The molecular formula is C10H17N3O3. The highest BCUT2D eigenvalue weighted by atomic mass is 16.2. The molecule has 0 spiro atoms. The van der Waals surface area contributed by atoms with Crippen LogP contribution in [0, 0.1) is 5.92 Å². The maximum Gasteiger partial charge on any atom is 0.239 e. The SMILES string of the molecule is CCCNC(=O)CN1CC(C(N)=O)CC1=O. The lowest BCUT2D eigenvalue weighted by Crippen LogP contribution is -2.38. The zero-order valence-corrected chi connectivity index (χ0v) is 9.36. The summed E-state index contributed by atoms with van der Waals surface area (Å²) >= 11 is 0. The van der Waals surface area contributed by atoms with Crippen molar-refractivity contribution in [2.75, 3.05) is 19.6 Å². The molecule has 3 amide bonds. The van der Waals surface area contributed by atoms with E-state index in [1.54, 1.807) is 0 Å². The molecule has 1 rings (SSSR count). The van der Waals surface area contributed by atoms with Gasteiger partial charge in [0.15, 0.2) is 0 Å². The first-order chi connectivity index (χ1) is 7.54. The second-order valence-electron chi connectivity index (χ2n) is 3.93. The van der Waals surface area contributed by atoms with Crippen molar-refractivity contribution in [1.29, 1.82) is 0 Å². The third-order valence-corrected chi connectivity index (χ3v) is 2.52. The molecule has 1 unspecified atom stereocenters. The van der Waals surface area contributed by atoms with E-state index in [1.165, 1.54) is 4.90 Å². The minimum absolute atomic E-state index is 0.0165. The van der Waals surface area contributed by atoms with Gasteiger partial charge in [-0.1, -0.05) is 6.92 Å². The van der Waals surface area contributed by atoms with E-state index in [4.69, 9.17) is 5.73 Å². The molecule has 16 heavy (non-hydrogen) atoms. The van der Waals surface area contributed by atoms with E-state index in [-0.39, 0.29) is 31.3 Å². The van der Waals surface area contributed by atoms with Gasteiger partial charge in [0.25, 0.3) is 0 Å². The Morgan fingerprint density at radius 1 is 1.56 bits per heavy atom. The number of nitrogens with zero attached hydrogens (tertiary/aromatic N) is 1. The lowest BCUT2D eigenvalue weighted by atomic mass is 10.1. The van der Waals surface area contributed by atoms with Crippen LogP contribution < -0.4 is 11.1 Å². The normalized spacial score (nSPS) is 19.9. The Labute approximate surface area is 94.2 Å². The van der Waals surface area contributed by atoms with E-state index in [0.29, 0.717) is 6.54 Å². The van der Waals surface area contributed by atoms with Crippen LogP contribution in [0.15, 0.2) is 0 Å². The molecule has 0 aromatic carbocycles. The predicted molar refractivity (Wildman–Crippen MR) is 57.2 cm³/mol. The van der Waals surface area contributed by atoms with Crippen molar-refractivity contribution >= 4 is 17.7 Å². The Bertz CT molecular complexity index is 304. The Hall–Kier alpha value is -1.59. The fourth-order valence-corrected chi connectivity index (χ4v) is 1.61. The van der Waals surface area contributed by atoms with Gasteiger partial charge in [0.05, 0.1) is 12.5 Å². The van der Waals surface area contributed by atoms with E-state index >= 15 is 0 Å². The largest absolute Gasteiger partial charge is 0.369 e. The lowest BCUT2D eigenvalue weighted by Gasteiger charge is -2.15. The van der Waals surface area contributed by atoms with E-state index in [2.05, 4.69) is 5.32 Å². The standard InChI is InChI=1S/C10H17N3O3/c1-2-3-12-8(14)6-13-5-7(10(11)16)4-9(13)15/h7H,2-6H2,1H3,(H2,11,16)(H,12,14). The molecule has 6 heteroatoms. The molecule has 0 saturated carbocycles. The number of nitrogens with two attached hydrogens (primary N) is 1. The fraction of sp³-hybridized carbons (Fsp3) is 0.700. The quantitative estimate of drug-likeness (QED) is 0.621. The average molecular weight is 227 g/mol. The van der Waals surface area contributed by atoms with Crippen molar-refractivity contribution in [3.05, 3.63) is 0 Å². The molecule has 90 valence electrons. The summed E-state index contributed by atoms with van der Waals surface area (Å²) in [6.45, 7) is 2.82. The number of likely N-dealkylation sites (tertiary alicyclic amines) is 1. The number of carbonyl (C=O) groups excluding carboxylic acids is 3. The van der Waals surface area contributed by atoms with Crippen LogP contribution in [0.2, 0.25) is 0 Å². The van der Waals surface area contributed by atoms with Gasteiger partial charge in [0, 0.05) is 19.5 Å². The van der Waals surface area contributed by atoms with E-state index in [1.807, 2.05) is 6.92 Å². The Morgan fingerprint density at radius 2 is 2.25 bits per heavy atom. The second-order valence-corrected chi connectivity index (χ2v) is 3.93. The monoisotopic (exact) mass is 227 g/mol. The van der Waals surface area contributed by atoms with Crippen LogP contribution in [0.25, 0.3) is 0 Å². The number of primary amides is 1. The van der Waals surface area contributed by atoms with Gasteiger partial charge in [-0.3, -0.25) is 14.4 Å². The molecule has 1 aliphatic heterocycles. The first-order valence-corrected chi connectivity index (χ1v) is 5.38. The van der Waals surface area contributed by atoms with E-state index in [0.717, 1.165) is 6.42 Å². The predicted octanol–water partition coefficient (Wildman–Crippen LogP) is -1.15. The number of amides is 3. The Morgan fingerprint density at radius 3 is 2.75 bits per heavy atom. The summed E-state index contributed by atoms with van der Waals surface area (Å²) in [6.07, 6.45) is 0.972. The van der Waals surface area contributed by atoms with Crippen LogP contribution in [0.1, 0.15) is 19.8 Å². The van der Waals surface area contributed by atoms with Crippen molar-refractivity contribution in [2.45, 2.75) is 19.8 Å². The van der Waals surface area contributed by atoms with Crippen molar-refractivity contribution in [2.24, 2.45) is 11.7 Å². The second kappa shape index (κ2) is 5.48. The number of hydrogen-bond donors (Lipinski definition) is 2. The van der Waals surface area contributed by atoms with Gasteiger partial charge in [-0.2, -0.15) is 0 Å². The Balaban J connectivity index is 2.41. The number of carbonyl (C=O) groups is 3. The highest BCUT2D eigenvalue weighted by Gasteiger charge is 2.33. The van der Waals surface area contributed by atoms with Crippen molar-refractivity contribution in [1.82, 2.24) is 10.2 Å². The molecule has 1 atom stereocenters. The topological polar surface area (TPSA) is 92.5 Å². The zero-order valence-electron chi connectivity index (χ0n) is 9.36. The maximum atomic E-state index is 11.4. The third-order valence-electron chi connectivity index (χ3n) is 2.52. The minimum atomic E-state index is -0.482. The summed E-state index contributed by atoms with van der Waals surface area (Å²) in [5.74, 6) is -1.31. The smallest absolute Gasteiger partial charge is 0.239 e. The summed E-state index contributed by atoms with van der Waals surface area (Å²) in [5.41, 5.74) is 5.11. The highest BCUT2D eigenvalue weighted by Crippen LogP contribution is 2.16. The molecule has 0 aliphatic carbocycles. The molecule has 0 bridgehead atoms. The molecule has 0 aromatic rings. The summed E-state index contributed by atoms with van der Waals surface area (Å²) in [6, 6.07) is 0. The number of nitrogens with one attached hydrogen (secondary N) is 1. The molecular weight excluding hydrogens is 210 g/mol. The van der Waals surface area contributed by atoms with Crippen LogP contribution in [0.4, 0.5) is 0 Å². The fourth-order valence-electron chi connectivity index (χ4n) is 1.61. The van der Waals surface area contributed by atoms with Crippen molar-refractivity contribution < 1.29 is 14.4 Å². The van der Waals surface area contributed by atoms with Crippen LogP contribution >= 0.6 is 0 Å². The molecule has 1 heterocycles. The average Bonchev–Trinajstić information content (AvgIpc) is 2.57. The van der Waals surface area contributed by atoms with Crippen LogP contribution in [0.3, 0.4) is 0 Å². The molecule has 1 fully saturated rings. The highest BCUT2D eigenvalue weighted by molar-refractivity contribution is 5.91.